The molecule has 1 amide bonds. The summed E-state index contributed by atoms with van der Waals surface area (Å²) in [4.78, 5) is 27.8. The quantitative estimate of drug-likeness (QED) is 0.748. The van der Waals surface area contributed by atoms with Crippen LogP contribution in [0.2, 0.25) is 0 Å². The minimum absolute atomic E-state index is 0.0932. The zero-order valence-electron chi connectivity index (χ0n) is 15.9. The average Bonchev–Trinajstić information content (AvgIpc) is 3.15. The largest absolute Gasteiger partial charge is 0.497 e. The zero-order valence-corrected chi connectivity index (χ0v) is 15.9. The lowest BCUT2D eigenvalue weighted by Gasteiger charge is -2.22. The standard InChI is InChI=1S/C19H25N5O3/c1-12(11-25)21-17(26)10-24(2)19-14-5-4-6-15(14)22-18(23-19)16-9-13(27-3)7-8-20-16/h7-9,12,25H,4-6,10-11H2,1-3H3,(H,21,26)/t12-/m1/s1. The van der Waals surface area contributed by atoms with E-state index in [9.17, 15) is 4.79 Å². The molecule has 0 aromatic carbocycles. The molecule has 8 nitrogen and oxygen atoms in total. The molecule has 1 aliphatic carbocycles. The van der Waals surface area contributed by atoms with Crippen LogP contribution in [0.25, 0.3) is 11.5 Å². The number of aliphatic hydroxyl groups excluding tert-OH is 1. The molecule has 2 aromatic heterocycles. The Kier molecular flexibility index (Phi) is 5.85. The van der Waals surface area contributed by atoms with Crippen molar-refractivity contribution in [2.45, 2.75) is 32.2 Å². The molecule has 0 aliphatic heterocycles. The number of carbonyl (C=O) groups excluding carboxylic acids is 1. The number of aromatic nitrogens is 3. The maximum Gasteiger partial charge on any atom is 0.239 e. The molecule has 0 bridgehead atoms. The van der Waals surface area contributed by atoms with E-state index in [1.54, 1.807) is 32.4 Å². The minimum atomic E-state index is -0.279. The maximum atomic E-state index is 12.2. The molecule has 144 valence electrons. The van der Waals surface area contributed by atoms with Crippen LogP contribution in [0.1, 0.15) is 24.6 Å². The van der Waals surface area contributed by atoms with Crippen LogP contribution < -0.4 is 15.0 Å². The molecule has 27 heavy (non-hydrogen) atoms. The summed E-state index contributed by atoms with van der Waals surface area (Å²) in [5, 5.41) is 11.9. The molecule has 8 heteroatoms. The van der Waals surface area contributed by atoms with E-state index in [-0.39, 0.29) is 25.1 Å². The Morgan fingerprint density at radius 1 is 1.41 bits per heavy atom. The van der Waals surface area contributed by atoms with Gasteiger partial charge in [-0.1, -0.05) is 0 Å². The summed E-state index contributed by atoms with van der Waals surface area (Å²) in [6, 6.07) is 3.30. The number of nitrogens with one attached hydrogen (secondary N) is 1. The molecule has 0 spiro atoms. The fourth-order valence-corrected chi connectivity index (χ4v) is 3.16. The molecule has 2 heterocycles. The van der Waals surface area contributed by atoms with Gasteiger partial charge in [-0.3, -0.25) is 9.78 Å². The Morgan fingerprint density at radius 2 is 2.22 bits per heavy atom. The van der Waals surface area contributed by atoms with E-state index in [2.05, 4.69) is 10.3 Å². The van der Waals surface area contributed by atoms with E-state index in [4.69, 9.17) is 19.8 Å². The van der Waals surface area contributed by atoms with Gasteiger partial charge in [0, 0.05) is 36.6 Å². The Morgan fingerprint density at radius 3 is 2.96 bits per heavy atom. The van der Waals surface area contributed by atoms with Gasteiger partial charge >= 0.3 is 0 Å². The fraction of sp³-hybridized carbons (Fsp3) is 0.474. The van der Waals surface area contributed by atoms with Crippen molar-refractivity contribution in [3.05, 3.63) is 29.6 Å². The van der Waals surface area contributed by atoms with E-state index >= 15 is 0 Å². The molecule has 0 fully saturated rings. The number of amides is 1. The first kappa shape index (κ1) is 19.0. The summed E-state index contributed by atoms with van der Waals surface area (Å²) in [6.07, 6.45) is 4.48. The smallest absolute Gasteiger partial charge is 0.239 e. The van der Waals surface area contributed by atoms with Gasteiger partial charge in [-0.25, -0.2) is 9.97 Å². The molecule has 0 unspecified atom stereocenters. The van der Waals surface area contributed by atoms with Gasteiger partial charge < -0.3 is 20.1 Å². The highest BCUT2D eigenvalue weighted by Crippen LogP contribution is 2.31. The van der Waals surface area contributed by atoms with Crippen LogP contribution in [-0.2, 0) is 17.6 Å². The van der Waals surface area contributed by atoms with Crippen molar-refractivity contribution in [2.75, 3.05) is 32.2 Å². The topological polar surface area (TPSA) is 100 Å². The van der Waals surface area contributed by atoms with Crippen molar-refractivity contribution < 1.29 is 14.6 Å². The third kappa shape index (κ3) is 4.33. The number of methoxy groups -OCH3 is 1. The highest BCUT2D eigenvalue weighted by molar-refractivity contribution is 5.81. The Balaban J connectivity index is 1.90. The van der Waals surface area contributed by atoms with Crippen LogP contribution in [0, 0.1) is 0 Å². The lowest BCUT2D eigenvalue weighted by Crippen LogP contribution is -2.41. The number of fused-ring (bicyclic) bond motifs is 1. The van der Waals surface area contributed by atoms with Crippen molar-refractivity contribution in [2.24, 2.45) is 0 Å². The van der Waals surface area contributed by atoms with Crippen molar-refractivity contribution in [1.82, 2.24) is 20.3 Å². The molecule has 2 N–H and O–H groups in total. The lowest BCUT2D eigenvalue weighted by atomic mass is 10.2. The molecular weight excluding hydrogens is 346 g/mol. The summed E-state index contributed by atoms with van der Waals surface area (Å²) in [5.74, 6) is 1.81. The van der Waals surface area contributed by atoms with E-state index in [0.29, 0.717) is 17.3 Å². The highest BCUT2D eigenvalue weighted by atomic mass is 16.5. The normalized spacial score (nSPS) is 13.8. The van der Waals surface area contributed by atoms with Crippen LogP contribution in [0.4, 0.5) is 5.82 Å². The number of anilines is 1. The first-order valence-electron chi connectivity index (χ1n) is 9.03. The summed E-state index contributed by atoms with van der Waals surface area (Å²) >= 11 is 0. The minimum Gasteiger partial charge on any atom is -0.497 e. The SMILES string of the molecule is COc1ccnc(-c2nc3c(c(N(C)CC(=O)N[C@H](C)CO)n2)CCC3)c1. The van der Waals surface area contributed by atoms with E-state index in [1.807, 2.05) is 11.9 Å². The van der Waals surface area contributed by atoms with Crippen LogP contribution >= 0.6 is 0 Å². The lowest BCUT2D eigenvalue weighted by molar-refractivity contribution is -0.120. The van der Waals surface area contributed by atoms with Gasteiger partial charge in [-0.2, -0.15) is 0 Å². The summed E-state index contributed by atoms with van der Waals surface area (Å²) in [5.41, 5.74) is 2.74. The number of likely N-dealkylation sites (N-methyl/N-ethyl adjacent to an activating group) is 1. The Hall–Kier alpha value is -2.74. The van der Waals surface area contributed by atoms with Gasteiger partial charge in [0.25, 0.3) is 0 Å². The Bertz CT molecular complexity index is 827. The molecule has 2 aromatic rings. The fourth-order valence-electron chi connectivity index (χ4n) is 3.16. The van der Waals surface area contributed by atoms with Gasteiger partial charge in [0.1, 0.15) is 17.3 Å². The summed E-state index contributed by atoms with van der Waals surface area (Å²) in [6.45, 7) is 1.82. The number of hydrogen-bond donors (Lipinski definition) is 2. The first-order chi connectivity index (χ1) is 13.0. The first-order valence-corrected chi connectivity index (χ1v) is 9.03. The molecule has 1 atom stereocenters. The number of rotatable bonds is 7. The second-order valence-electron chi connectivity index (χ2n) is 6.74. The summed E-state index contributed by atoms with van der Waals surface area (Å²) in [7, 11) is 3.45. The maximum absolute atomic E-state index is 12.2. The van der Waals surface area contributed by atoms with Crippen molar-refractivity contribution in [3.63, 3.8) is 0 Å². The molecular formula is C19H25N5O3. The second-order valence-corrected chi connectivity index (χ2v) is 6.74. The van der Waals surface area contributed by atoms with Gasteiger partial charge in [0.05, 0.1) is 20.3 Å². The van der Waals surface area contributed by atoms with Gasteiger partial charge in [0.15, 0.2) is 5.82 Å². The number of ether oxygens (including phenoxy) is 1. The predicted molar refractivity (Wildman–Crippen MR) is 102 cm³/mol. The van der Waals surface area contributed by atoms with E-state index < -0.39 is 0 Å². The highest BCUT2D eigenvalue weighted by Gasteiger charge is 2.23. The number of hydrogen-bond acceptors (Lipinski definition) is 7. The third-order valence-electron chi connectivity index (χ3n) is 4.53. The third-order valence-corrected chi connectivity index (χ3v) is 4.53. The average molecular weight is 371 g/mol. The monoisotopic (exact) mass is 371 g/mol. The summed E-state index contributed by atoms with van der Waals surface area (Å²) < 4.78 is 5.27. The zero-order chi connectivity index (χ0) is 19.4. The molecule has 1 aliphatic rings. The number of aliphatic hydroxyl groups is 1. The predicted octanol–water partition coefficient (Wildman–Crippen LogP) is 0.969. The van der Waals surface area contributed by atoms with Gasteiger partial charge in [0.2, 0.25) is 5.91 Å². The molecule has 3 rings (SSSR count). The molecule has 0 radical (unpaired) electrons. The van der Waals surface area contributed by atoms with Crippen molar-refractivity contribution in [3.8, 4) is 17.3 Å². The Labute approximate surface area is 158 Å². The number of pyridine rings is 1. The van der Waals surface area contributed by atoms with E-state index in [1.165, 1.54) is 0 Å². The molecule has 0 saturated heterocycles. The van der Waals surface area contributed by atoms with Crippen LogP contribution in [0.3, 0.4) is 0 Å². The van der Waals surface area contributed by atoms with Gasteiger partial charge in [-0.05, 0) is 32.3 Å². The van der Waals surface area contributed by atoms with Crippen LogP contribution in [0.15, 0.2) is 18.3 Å². The second kappa shape index (κ2) is 8.30. The van der Waals surface area contributed by atoms with Gasteiger partial charge in [-0.15, -0.1) is 0 Å². The van der Waals surface area contributed by atoms with E-state index in [0.717, 1.165) is 36.3 Å². The molecule has 0 saturated carbocycles. The number of nitrogens with zero attached hydrogens (tertiary/aromatic N) is 4. The van der Waals surface area contributed by atoms with Crippen LogP contribution in [-0.4, -0.2) is 59.3 Å². The number of aryl methyl sites for hydroxylation is 1. The van der Waals surface area contributed by atoms with Crippen LogP contribution in [0.5, 0.6) is 5.75 Å². The number of carbonyl (C=O) groups is 1. The van der Waals surface area contributed by atoms with Crippen molar-refractivity contribution in [1.29, 1.82) is 0 Å². The van der Waals surface area contributed by atoms with Crippen molar-refractivity contribution >= 4 is 11.7 Å².